The number of methoxy groups -OCH3 is 2. The van der Waals surface area contributed by atoms with Gasteiger partial charge in [0.05, 0.1) is 25.7 Å². The molecule has 7 nitrogen and oxygen atoms in total. The Labute approximate surface area is 226 Å². The molecule has 0 radical (unpaired) electrons. The van der Waals surface area contributed by atoms with E-state index in [1.807, 2.05) is 65.7 Å². The predicted molar refractivity (Wildman–Crippen MR) is 153 cm³/mol. The molecule has 3 aromatic carbocycles. The lowest BCUT2D eigenvalue weighted by atomic mass is 9.86. The number of ether oxygens (including phenoxy) is 2. The number of anilines is 2. The summed E-state index contributed by atoms with van der Waals surface area (Å²) in [7, 11) is 3.11. The van der Waals surface area contributed by atoms with Gasteiger partial charge in [0.2, 0.25) is 0 Å². The second-order valence-electron chi connectivity index (χ2n) is 9.48. The van der Waals surface area contributed by atoms with E-state index < -0.39 is 5.92 Å². The number of hydrogen-bond acceptors (Lipinski definition) is 7. The number of allylic oxidation sites excluding steroid dienone is 1. The highest BCUT2D eigenvalue weighted by Crippen LogP contribution is 2.46. The standard InChI is InChI=1S/C32H28N2O5/c1-37-28-17-29(38-2)31-26(36)16-27(39-32(31)30(28)20-12-14-33-15-13-20)23-18-34(21-8-4-3-5-9-21)25-11-7-6-10-22(25)24(23)19-35/h3-12,16-19,24,33H,13-15H2,1-2H3. The van der Waals surface area contributed by atoms with Gasteiger partial charge in [-0.25, -0.2) is 0 Å². The molecule has 7 heteroatoms. The molecule has 3 heterocycles. The first-order valence-corrected chi connectivity index (χ1v) is 12.9. The normalized spacial score (nSPS) is 16.8. The van der Waals surface area contributed by atoms with Crippen molar-refractivity contribution in [2.24, 2.45) is 0 Å². The monoisotopic (exact) mass is 520 g/mol. The first-order valence-electron chi connectivity index (χ1n) is 12.9. The average Bonchev–Trinajstić information content (AvgIpc) is 3.00. The van der Waals surface area contributed by atoms with Crippen molar-refractivity contribution in [3.8, 4) is 11.5 Å². The summed E-state index contributed by atoms with van der Waals surface area (Å²) < 4.78 is 18.0. The summed E-state index contributed by atoms with van der Waals surface area (Å²) in [5.41, 5.74) is 5.15. The number of nitrogens with zero attached hydrogens (tertiary/aromatic N) is 1. The van der Waals surface area contributed by atoms with Crippen LogP contribution in [0.4, 0.5) is 11.4 Å². The quantitative estimate of drug-likeness (QED) is 0.329. The number of rotatable bonds is 6. The van der Waals surface area contributed by atoms with Crippen molar-refractivity contribution in [3.63, 3.8) is 0 Å². The van der Waals surface area contributed by atoms with Crippen LogP contribution in [0.25, 0.3) is 22.1 Å². The maximum atomic E-state index is 13.7. The smallest absolute Gasteiger partial charge is 0.197 e. The van der Waals surface area contributed by atoms with E-state index in [0.29, 0.717) is 40.3 Å². The number of fused-ring (bicyclic) bond motifs is 2. The predicted octanol–water partition coefficient (Wildman–Crippen LogP) is 5.66. The van der Waals surface area contributed by atoms with Crippen molar-refractivity contribution < 1.29 is 18.7 Å². The van der Waals surface area contributed by atoms with Gasteiger partial charge in [0.1, 0.15) is 28.9 Å². The third-order valence-electron chi connectivity index (χ3n) is 7.34. The first kappa shape index (κ1) is 24.7. The molecule has 0 fully saturated rings. The number of carbonyl (C=O) groups excluding carboxylic acids is 1. The summed E-state index contributed by atoms with van der Waals surface area (Å²) in [6.07, 6.45) is 5.63. The number of para-hydroxylation sites is 2. The van der Waals surface area contributed by atoms with Crippen LogP contribution in [-0.2, 0) is 4.79 Å². The van der Waals surface area contributed by atoms with Gasteiger partial charge in [-0.05, 0) is 42.3 Å². The average molecular weight is 521 g/mol. The topological polar surface area (TPSA) is 81.0 Å². The molecule has 0 spiro atoms. The molecule has 0 saturated carbocycles. The van der Waals surface area contributed by atoms with Crippen molar-refractivity contribution in [2.45, 2.75) is 12.3 Å². The number of benzene rings is 3. The van der Waals surface area contributed by atoms with E-state index in [9.17, 15) is 9.59 Å². The zero-order valence-electron chi connectivity index (χ0n) is 21.8. The molecule has 6 rings (SSSR count). The second-order valence-corrected chi connectivity index (χ2v) is 9.48. The Bertz CT molecular complexity index is 1690. The van der Waals surface area contributed by atoms with Gasteiger partial charge in [-0.2, -0.15) is 0 Å². The molecule has 0 bridgehead atoms. The molecule has 1 unspecified atom stereocenters. The lowest BCUT2D eigenvalue weighted by molar-refractivity contribution is -0.108. The molecule has 1 aromatic heterocycles. The highest BCUT2D eigenvalue weighted by atomic mass is 16.5. The van der Waals surface area contributed by atoms with Crippen LogP contribution < -0.4 is 25.1 Å². The van der Waals surface area contributed by atoms with E-state index in [4.69, 9.17) is 13.9 Å². The lowest BCUT2D eigenvalue weighted by Gasteiger charge is -2.32. The summed E-state index contributed by atoms with van der Waals surface area (Å²) in [6.45, 7) is 1.50. The van der Waals surface area contributed by atoms with Gasteiger partial charge in [0, 0.05) is 41.8 Å². The molecule has 1 atom stereocenters. The van der Waals surface area contributed by atoms with Crippen LogP contribution >= 0.6 is 0 Å². The maximum Gasteiger partial charge on any atom is 0.197 e. The van der Waals surface area contributed by atoms with E-state index in [-0.39, 0.29) is 5.43 Å². The lowest BCUT2D eigenvalue weighted by Crippen LogP contribution is -2.21. The van der Waals surface area contributed by atoms with Crippen molar-refractivity contribution in [1.29, 1.82) is 0 Å². The van der Waals surface area contributed by atoms with Gasteiger partial charge in [-0.1, -0.05) is 42.5 Å². The van der Waals surface area contributed by atoms with Gasteiger partial charge in [-0.3, -0.25) is 4.79 Å². The van der Waals surface area contributed by atoms with Crippen LogP contribution in [0.15, 0.2) is 88.2 Å². The van der Waals surface area contributed by atoms with E-state index in [1.165, 1.54) is 13.2 Å². The van der Waals surface area contributed by atoms with Gasteiger partial charge in [0.15, 0.2) is 11.0 Å². The fraction of sp³-hybridized carbons (Fsp3) is 0.188. The Morgan fingerprint density at radius 2 is 1.77 bits per heavy atom. The Morgan fingerprint density at radius 3 is 2.49 bits per heavy atom. The molecular formula is C32H28N2O5. The van der Waals surface area contributed by atoms with Gasteiger partial charge >= 0.3 is 0 Å². The Balaban J connectivity index is 1.64. The number of aldehydes is 1. The van der Waals surface area contributed by atoms with Gasteiger partial charge in [-0.15, -0.1) is 0 Å². The van der Waals surface area contributed by atoms with Crippen LogP contribution in [0, 0.1) is 0 Å². The molecular weight excluding hydrogens is 492 g/mol. The molecule has 196 valence electrons. The Hall–Kier alpha value is -4.62. The van der Waals surface area contributed by atoms with E-state index >= 15 is 0 Å². The van der Waals surface area contributed by atoms with Crippen molar-refractivity contribution in [2.75, 3.05) is 32.2 Å². The third-order valence-corrected chi connectivity index (χ3v) is 7.34. The van der Waals surface area contributed by atoms with Crippen molar-refractivity contribution in [3.05, 3.63) is 106 Å². The molecule has 39 heavy (non-hydrogen) atoms. The highest BCUT2D eigenvalue weighted by Gasteiger charge is 2.31. The first-order chi connectivity index (χ1) is 19.1. The fourth-order valence-corrected chi connectivity index (χ4v) is 5.49. The van der Waals surface area contributed by atoms with Crippen LogP contribution in [0.1, 0.15) is 29.2 Å². The van der Waals surface area contributed by atoms with Crippen LogP contribution in [0.5, 0.6) is 11.5 Å². The number of nitrogens with one attached hydrogen (secondary N) is 1. The second kappa shape index (κ2) is 10.3. The summed E-state index contributed by atoms with van der Waals surface area (Å²) >= 11 is 0. The molecule has 4 aromatic rings. The van der Waals surface area contributed by atoms with Crippen molar-refractivity contribution >= 4 is 39.8 Å². The highest BCUT2D eigenvalue weighted by molar-refractivity contribution is 5.98. The van der Waals surface area contributed by atoms with Crippen LogP contribution in [0.3, 0.4) is 0 Å². The molecule has 0 saturated heterocycles. The van der Waals surface area contributed by atoms with Gasteiger partial charge in [0.25, 0.3) is 0 Å². The van der Waals surface area contributed by atoms with Crippen LogP contribution in [-0.4, -0.2) is 33.6 Å². The van der Waals surface area contributed by atoms with Crippen molar-refractivity contribution in [1.82, 2.24) is 5.32 Å². The Morgan fingerprint density at radius 1 is 1.00 bits per heavy atom. The zero-order valence-corrected chi connectivity index (χ0v) is 21.8. The third kappa shape index (κ3) is 4.21. The fourth-order valence-electron chi connectivity index (χ4n) is 5.49. The summed E-state index contributed by atoms with van der Waals surface area (Å²) in [6, 6.07) is 20.9. The minimum atomic E-state index is -0.615. The maximum absolute atomic E-state index is 13.7. The van der Waals surface area contributed by atoms with E-state index in [2.05, 4.69) is 11.4 Å². The SMILES string of the molecule is COc1cc(OC)c2c(=O)cc(C3=CN(c4ccccc4)c4ccccc4C3C=O)oc2c1C1=CCNCC1. The minimum absolute atomic E-state index is 0.253. The molecule has 0 amide bonds. The van der Waals surface area contributed by atoms with Gasteiger partial charge < -0.3 is 28.9 Å². The van der Waals surface area contributed by atoms with Crippen LogP contribution in [0.2, 0.25) is 0 Å². The molecule has 1 N–H and O–H groups in total. The zero-order chi connectivity index (χ0) is 26.9. The minimum Gasteiger partial charge on any atom is -0.496 e. The Kier molecular flexibility index (Phi) is 6.50. The largest absolute Gasteiger partial charge is 0.496 e. The molecule has 2 aliphatic rings. The molecule has 2 aliphatic heterocycles. The summed E-state index contributed by atoms with van der Waals surface area (Å²) in [5.74, 6) is 0.650. The van der Waals surface area contributed by atoms with E-state index in [0.717, 1.165) is 47.3 Å². The molecule has 0 aliphatic carbocycles. The number of carbonyl (C=O) groups is 1. The summed E-state index contributed by atoms with van der Waals surface area (Å²) in [4.78, 5) is 28.3. The van der Waals surface area contributed by atoms with E-state index in [1.54, 1.807) is 13.2 Å². The number of hydrogen-bond donors (Lipinski definition) is 1. The summed E-state index contributed by atoms with van der Waals surface area (Å²) in [5, 5.41) is 3.67.